The lowest BCUT2D eigenvalue weighted by atomic mass is 10.3. The first kappa shape index (κ1) is 18.5. The molecule has 26 heavy (non-hydrogen) atoms. The molecule has 0 aliphatic heterocycles. The summed E-state index contributed by atoms with van der Waals surface area (Å²) in [4.78, 5) is 4.34. The predicted molar refractivity (Wildman–Crippen MR) is 101 cm³/mol. The topological polar surface area (TPSA) is 71.7 Å². The Labute approximate surface area is 158 Å². The summed E-state index contributed by atoms with van der Waals surface area (Å²) in [5.74, 6) is 0.584. The lowest BCUT2D eigenvalue weighted by molar-refractivity contribution is 0.494. The summed E-state index contributed by atoms with van der Waals surface area (Å²) in [7, 11) is -3.63. The van der Waals surface area contributed by atoms with E-state index in [1.807, 2.05) is 0 Å². The molecule has 3 rings (SSSR count). The van der Waals surface area contributed by atoms with Gasteiger partial charge >= 0.3 is 0 Å². The fourth-order valence-corrected chi connectivity index (χ4v) is 3.35. The molecule has 3 aromatic rings. The van der Waals surface area contributed by atoms with Crippen LogP contribution in [0.3, 0.4) is 0 Å². The monoisotopic (exact) mass is 436 g/mol. The van der Waals surface area contributed by atoms with Gasteiger partial charge in [0.15, 0.2) is 0 Å². The predicted octanol–water partition coefficient (Wildman–Crippen LogP) is 4.41. The van der Waals surface area contributed by atoms with Gasteiger partial charge in [0, 0.05) is 4.47 Å². The summed E-state index contributed by atoms with van der Waals surface area (Å²) in [6, 6.07) is 15.4. The molecule has 1 heterocycles. The number of nitrogens with zero attached hydrogens (tertiary/aromatic N) is 1. The average molecular weight is 437 g/mol. The summed E-state index contributed by atoms with van der Waals surface area (Å²) in [6.07, 6.45) is 1.49. The molecule has 0 aliphatic carbocycles. The largest absolute Gasteiger partial charge is 0.459 e. The van der Waals surface area contributed by atoms with Crippen molar-refractivity contribution in [2.75, 3.05) is 0 Å². The molecule has 0 spiro atoms. The molecule has 0 atom stereocenters. The molecule has 2 aromatic carbocycles. The normalized spacial score (nSPS) is 11.9. The first-order chi connectivity index (χ1) is 12.4. The van der Waals surface area contributed by atoms with Crippen LogP contribution in [-0.2, 0) is 16.6 Å². The van der Waals surface area contributed by atoms with Gasteiger partial charge in [0.1, 0.15) is 17.3 Å². The van der Waals surface area contributed by atoms with Gasteiger partial charge in [-0.15, -0.1) is 0 Å². The number of benzene rings is 2. The molecule has 0 saturated carbocycles. The van der Waals surface area contributed by atoms with E-state index in [2.05, 4.69) is 25.6 Å². The Morgan fingerprint density at radius 2 is 1.73 bits per heavy atom. The van der Waals surface area contributed by atoms with E-state index in [0.29, 0.717) is 17.2 Å². The Balaban J connectivity index is 1.63. The molecule has 0 aliphatic rings. The fourth-order valence-electron chi connectivity index (χ4n) is 2.09. The summed E-state index contributed by atoms with van der Waals surface area (Å²) < 4.78 is 46.1. The minimum absolute atomic E-state index is 0.0167. The molecule has 0 bridgehead atoms. The van der Waals surface area contributed by atoms with Crippen molar-refractivity contribution in [1.29, 1.82) is 0 Å². The average Bonchev–Trinajstić information content (AvgIpc) is 3.08. The number of hydrogen-bond acceptors (Lipinski definition) is 4. The van der Waals surface area contributed by atoms with Crippen molar-refractivity contribution in [3.8, 4) is 0 Å². The molecule has 0 saturated heterocycles. The SMILES string of the molecule is O=S(=O)(NCc1ccc(C=Nc2ccc(F)cc2)o1)c1ccc(Br)cc1. The van der Waals surface area contributed by atoms with Crippen LogP contribution in [0.2, 0.25) is 0 Å². The molecule has 8 heteroatoms. The van der Waals surface area contributed by atoms with Gasteiger partial charge in [0.2, 0.25) is 10.0 Å². The van der Waals surface area contributed by atoms with Crippen LogP contribution in [0.1, 0.15) is 11.5 Å². The van der Waals surface area contributed by atoms with Gasteiger partial charge in [-0.2, -0.15) is 0 Å². The quantitative estimate of drug-likeness (QED) is 0.581. The molecule has 1 aromatic heterocycles. The second kappa shape index (κ2) is 7.94. The molecule has 0 unspecified atom stereocenters. The summed E-state index contributed by atoms with van der Waals surface area (Å²) >= 11 is 3.26. The first-order valence-electron chi connectivity index (χ1n) is 7.56. The van der Waals surface area contributed by atoms with Gasteiger partial charge in [0.25, 0.3) is 0 Å². The molecular formula is C18H14BrFN2O3S. The van der Waals surface area contributed by atoms with Crippen LogP contribution >= 0.6 is 15.9 Å². The number of hydrogen-bond donors (Lipinski definition) is 1. The van der Waals surface area contributed by atoms with Crippen molar-refractivity contribution in [3.63, 3.8) is 0 Å². The van der Waals surface area contributed by atoms with Gasteiger partial charge < -0.3 is 4.42 Å². The van der Waals surface area contributed by atoms with Crippen molar-refractivity contribution >= 4 is 37.9 Å². The highest BCUT2D eigenvalue weighted by Gasteiger charge is 2.14. The second-order valence-corrected chi connectivity index (χ2v) is 8.00. The number of rotatable bonds is 6. The molecule has 0 amide bonds. The van der Waals surface area contributed by atoms with Gasteiger partial charge in [-0.1, -0.05) is 15.9 Å². The number of nitrogens with one attached hydrogen (secondary N) is 1. The van der Waals surface area contributed by atoms with E-state index in [1.165, 1.54) is 30.5 Å². The third-order valence-electron chi connectivity index (χ3n) is 3.41. The van der Waals surface area contributed by atoms with Crippen molar-refractivity contribution in [2.45, 2.75) is 11.4 Å². The maximum absolute atomic E-state index is 12.8. The van der Waals surface area contributed by atoms with E-state index in [4.69, 9.17) is 4.42 Å². The number of aliphatic imine (C=N–C) groups is 1. The van der Waals surface area contributed by atoms with Crippen LogP contribution in [0.4, 0.5) is 10.1 Å². The number of halogens is 2. The number of furan rings is 1. The standard InChI is InChI=1S/C18H14BrFN2O3S/c19-13-1-9-18(10-2-13)26(23,24)22-12-17-8-7-16(25-17)11-21-15-5-3-14(20)4-6-15/h1-11,22H,12H2. The summed E-state index contributed by atoms with van der Waals surface area (Å²) in [5, 5.41) is 0. The molecule has 134 valence electrons. The van der Waals surface area contributed by atoms with E-state index in [0.717, 1.165) is 4.47 Å². The van der Waals surface area contributed by atoms with Crippen LogP contribution in [0.25, 0.3) is 0 Å². The van der Waals surface area contributed by atoms with E-state index >= 15 is 0 Å². The maximum Gasteiger partial charge on any atom is 0.240 e. The van der Waals surface area contributed by atoms with Crippen LogP contribution in [0, 0.1) is 5.82 Å². The third kappa shape index (κ3) is 4.87. The lowest BCUT2D eigenvalue weighted by Gasteiger charge is -2.05. The minimum atomic E-state index is -3.63. The van der Waals surface area contributed by atoms with Gasteiger partial charge in [0.05, 0.1) is 23.3 Å². The van der Waals surface area contributed by atoms with Crippen molar-refractivity contribution in [1.82, 2.24) is 4.72 Å². The van der Waals surface area contributed by atoms with Crippen LogP contribution < -0.4 is 4.72 Å². The molecule has 1 N–H and O–H groups in total. The Morgan fingerprint density at radius 1 is 1.04 bits per heavy atom. The zero-order chi connectivity index (χ0) is 18.6. The Bertz CT molecular complexity index is 1010. The van der Waals surface area contributed by atoms with Crippen molar-refractivity contribution in [3.05, 3.63) is 82.5 Å². The van der Waals surface area contributed by atoms with Crippen molar-refractivity contribution < 1.29 is 17.2 Å². The number of sulfonamides is 1. The lowest BCUT2D eigenvalue weighted by Crippen LogP contribution is -2.22. The van der Waals surface area contributed by atoms with Crippen molar-refractivity contribution in [2.24, 2.45) is 4.99 Å². The van der Waals surface area contributed by atoms with Crippen LogP contribution in [-0.4, -0.2) is 14.6 Å². The van der Waals surface area contributed by atoms with Gasteiger partial charge in [-0.25, -0.2) is 17.5 Å². The highest BCUT2D eigenvalue weighted by molar-refractivity contribution is 9.10. The van der Waals surface area contributed by atoms with Crippen LogP contribution in [0.5, 0.6) is 0 Å². The minimum Gasteiger partial charge on any atom is -0.459 e. The molecule has 0 radical (unpaired) electrons. The smallest absolute Gasteiger partial charge is 0.240 e. The first-order valence-corrected chi connectivity index (χ1v) is 9.83. The maximum atomic E-state index is 12.8. The zero-order valence-electron chi connectivity index (χ0n) is 13.4. The summed E-state index contributed by atoms with van der Waals surface area (Å²) in [6.45, 7) is 0.0167. The van der Waals surface area contributed by atoms with E-state index in [-0.39, 0.29) is 17.3 Å². The Hall–Kier alpha value is -2.29. The van der Waals surface area contributed by atoms with E-state index in [9.17, 15) is 12.8 Å². The van der Waals surface area contributed by atoms with E-state index in [1.54, 1.807) is 36.4 Å². The highest BCUT2D eigenvalue weighted by Crippen LogP contribution is 2.16. The molecule has 5 nitrogen and oxygen atoms in total. The summed E-state index contributed by atoms with van der Waals surface area (Å²) in [5.41, 5.74) is 0.584. The van der Waals surface area contributed by atoms with Crippen LogP contribution in [0.15, 0.2) is 79.4 Å². The fraction of sp³-hybridized carbons (Fsp3) is 0.0556. The second-order valence-electron chi connectivity index (χ2n) is 5.32. The van der Waals surface area contributed by atoms with Gasteiger partial charge in [-0.05, 0) is 60.7 Å². The molecular weight excluding hydrogens is 423 g/mol. The molecule has 0 fully saturated rings. The Kier molecular flexibility index (Phi) is 5.65. The highest BCUT2D eigenvalue weighted by atomic mass is 79.9. The zero-order valence-corrected chi connectivity index (χ0v) is 15.8. The third-order valence-corrected chi connectivity index (χ3v) is 5.36. The Morgan fingerprint density at radius 3 is 2.42 bits per heavy atom. The van der Waals surface area contributed by atoms with E-state index < -0.39 is 10.0 Å². The van der Waals surface area contributed by atoms with Gasteiger partial charge in [-0.3, -0.25) is 4.99 Å².